The average molecular weight is 342 g/mol. The average Bonchev–Trinajstić information content (AvgIpc) is 2.55. The molecule has 0 aliphatic carbocycles. The second-order valence-corrected chi connectivity index (χ2v) is 7.63. The van der Waals surface area contributed by atoms with Gasteiger partial charge in [0.25, 0.3) is 0 Å². The van der Waals surface area contributed by atoms with E-state index in [1.165, 1.54) is 16.7 Å². The second-order valence-electron chi connectivity index (χ2n) is 6.64. The molecule has 2 aromatic rings. The third kappa shape index (κ3) is 6.40. The standard InChI is InChI=1S/C21H27NOS/c1-16(2)12-20(19-10-5-4-6-11-19)22-21(23)15-24-14-18-9-7-8-17(3)13-18/h4-11,13,16,20H,12,14-15H2,1-3H3,(H,22,23)/t20-/m1/s1. The molecule has 0 fully saturated rings. The number of nitrogens with one attached hydrogen (secondary N) is 1. The summed E-state index contributed by atoms with van der Waals surface area (Å²) in [4.78, 5) is 12.3. The molecule has 3 heteroatoms. The Labute approximate surface area is 150 Å². The molecule has 24 heavy (non-hydrogen) atoms. The van der Waals surface area contributed by atoms with Crippen LogP contribution in [-0.4, -0.2) is 11.7 Å². The summed E-state index contributed by atoms with van der Waals surface area (Å²) in [6, 6.07) is 18.8. The number of rotatable bonds is 8. The molecule has 0 bridgehead atoms. The second kappa shape index (κ2) is 9.53. The van der Waals surface area contributed by atoms with Gasteiger partial charge >= 0.3 is 0 Å². The van der Waals surface area contributed by atoms with Crippen LogP contribution in [0.3, 0.4) is 0 Å². The van der Waals surface area contributed by atoms with Gasteiger partial charge in [-0.25, -0.2) is 0 Å². The molecule has 0 heterocycles. The quantitative estimate of drug-likeness (QED) is 0.721. The minimum absolute atomic E-state index is 0.0956. The molecule has 2 rings (SSSR count). The predicted octanol–water partition coefficient (Wildman–Crippen LogP) is 5.13. The van der Waals surface area contributed by atoms with Crippen LogP contribution in [-0.2, 0) is 10.5 Å². The van der Waals surface area contributed by atoms with E-state index in [-0.39, 0.29) is 11.9 Å². The lowest BCUT2D eigenvalue weighted by Gasteiger charge is -2.21. The van der Waals surface area contributed by atoms with Crippen molar-refractivity contribution in [2.24, 2.45) is 5.92 Å². The summed E-state index contributed by atoms with van der Waals surface area (Å²) >= 11 is 1.67. The Morgan fingerprint density at radius 3 is 2.50 bits per heavy atom. The fourth-order valence-corrected chi connectivity index (χ4v) is 3.52. The van der Waals surface area contributed by atoms with Gasteiger partial charge < -0.3 is 5.32 Å². The minimum atomic E-state index is 0.0956. The van der Waals surface area contributed by atoms with E-state index >= 15 is 0 Å². The first-order chi connectivity index (χ1) is 11.5. The number of carbonyl (C=O) groups excluding carboxylic acids is 1. The first-order valence-electron chi connectivity index (χ1n) is 8.52. The van der Waals surface area contributed by atoms with Crippen molar-refractivity contribution >= 4 is 17.7 Å². The Bertz CT molecular complexity index is 639. The summed E-state index contributed by atoms with van der Waals surface area (Å²) in [5.74, 6) is 2.02. The summed E-state index contributed by atoms with van der Waals surface area (Å²) in [5.41, 5.74) is 3.72. The van der Waals surface area contributed by atoms with Crippen LogP contribution in [0.2, 0.25) is 0 Å². The molecule has 0 saturated carbocycles. The monoisotopic (exact) mass is 341 g/mol. The lowest BCUT2D eigenvalue weighted by molar-refractivity contribution is -0.119. The normalized spacial score (nSPS) is 12.2. The summed E-state index contributed by atoms with van der Waals surface area (Å²) in [7, 11) is 0. The highest BCUT2D eigenvalue weighted by Crippen LogP contribution is 2.21. The van der Waals surface area contributed by atoms with E-state index in [2.05, 4.69) is 62.5 Å². The molecule has 2 nitrogen and oxygen atoms in total. The Morgan fingerprint density at radius 2 is 1.83 bits per heavy atom. The molecular weight excluding hydrogens is 314 g/mol. The predicted molar refractivity (Wildman–Crippen MR) is 104 cm³/mol. The van der Waals surface area contributed by atoms with Gasteiger partial charge in [-0.15, -0.1) is 11.8 Å². The van der Waals surface area contributed by atoms with Gasteiger partial charge in [0.05, 0.1) is 11.8 Å². The van der Waals surface area contributed by atoms with Gasteiger partial charge in [0.2, 0.25) is 5.91 Å². The molecule has 0 unspecified atom stereocenters. The largest absolute Gasteiger partial charge is 0.349 e. The van der Waals surface area contributed by atoms with Crippen LogP contribution in [0.25, 0.3) is 0 Å². The Morgan fingerprint density at radius 1 is 1.08 bits per heavy atom. The van der Waals surface area contributed by atoms with Crippen molar-refractivity contribution in [3.8, 4) is 0 Å². The van der Waals surface area contributed by atoms with Crippen molar-refractivity contribution in [1.29, 1.82) is 0 Å². The molecule has 1 amide bonds. The fourth-order valence-electron chi connectivity index (χ4n) is 2.73. The highest BCUT2D eigenvalue weighted by Gasteiger charge is 2.15. The molecule has 1 atom stereocenters. The fraction of sp³-hybridized carbons (Fsp3) is 0.381. The van der Waals surface area contributed by atoms with Gasteiger partial charge in [0.15, 0.2) is 0 Å². The SMILES string of the molecule is Cc1cccc(CSCC(=O)N[C@H](CC(C)C)c2ccccc2)c1. The summed E-state index contributed by atoms with van der Waals surface area (Å²) in [5, 5.41) is 3.20. The number of aryl methyl sites for hydroxylation is 1. The van der Waals surface area contributed by atoms with E-state index in [1.807, 2.05) is 18.2 Å². The van der Waals surface area contributed by atoms with Gasteiger partial charge in [-0.05, 0) is 30.4 Å². The number of benzene rings is 2. The maximum absolute atomic E-state index is 12.3. The minimum Gasteiger partial charge on any atom is -0.349 e. The van der Waals surface area contributed by atoms with Crippen molar-refractivity contribution in [2.45, 2.75) is 39.0 Å². The number of hydrogen-bond acceptors (Lipinski definition) is 2. The van der Waals surface area contributed by atoms with E-state index in [0.717, 1.165) is 12.2 Å². The van der Waals surface area contributed by atoms with E-state index in [0.29, 0.717) is 11.7 Å². The molecule has 0 spiro atoms. The van der Waals surface area contributed by atoms with Crippen molar-refractivity contribution in [3.63, 3.8) is 0 Å². The first-order valence-corrected chi connectivity index (χ1v) is 9.67. The number of hydrogen-bond donors (Lipinski definition) is 1. The van der Waals surface area contributed by atoms with Crippen LogP contribution in [0.4, 0.5) is 0 Å². The van der Waals surface area contributed by atoms with Gasteiger partial charge in [0, 0.05) is 5.75 Å². The highest BCUT2D eigenvalue weighted by molar-refractivity contribution is 7.99. The topological polar surface area (TPSA) is 29.1 Å². The Hall–Kier alpha value is -1.74. The van der Waals surface area contributed by atoms with Gasteiger partial charge in [-0.1, -0.05) is 74.0 Å². The van der Waals surface area contributed by atoms with Gasteiger partial charge in [0.1, 0.15) is 0 Å². The molecule has 0 aliphatic rings. The number of thioether (sulfide) groups is 1. The van der Waals surface area contributed by atoms with Crippen LogP contribution in [0.5, 0.6) is 0 Å². The Kier molecular flexibility index (Phi) is 7.38. The van der Waals surface area contributed by atoms with Crippen molar-refractivity contribution in [1.82, 2.24) is 5.32 Å². The van der Waals surface area contributed by atoms with E-state index < -0.39 is 0 Å². The molecule has 0 aliphatic heterocycles. The summed E-state index contributed by atoms with van der Waals surface area (Å²) < 4.78 is 0. The van der Waals surface area contributed by atoms with Gasteiger partial charge in [-0.3, -0.25) is 4.79 Å². The zero-order valence-electron chi connectivity index (χ0n) is 14.8. The molecular formula is C21H27NOS. The van der Waals surface area contributed by atoms with Gasteiger partial charge in [-0.2, -0.15) is 0 Å². The lowest BCUT2D eigenvalue weighted by atomic mass is 9.97. The van der Waals surface area contributed by atoms with Crippen molar-refractivity contribution in [3.05, 3.63) is 71.3 Å². The molecule has 1 N–H and O–H groups in total. The zero-order valence-corrected chi connectivity index (χ0v) is 15.6. The summed E-state index contributed by atoms with van der Waals surface area (Å²) in [6.45, 7) is 6.47. The first kappa shape index (κ1) is 18.6. The summed E-state index contributed by atoms with van der Waals surface area (Å²) in [6.07, 6.45) is 0.957. The third-order valence-corrected chi connectivity index (χ3v) is 4.83. The van der Waals surface area contributed by atoms with Crippen molar-refractivity contribution < 1.29 is 4.79 Å². The zero-order chi connectivity index (χ0) is 17.4. The molecule has 2 aromatic carbocycles. The smallest absolute Gasteiger partial charge is 0.230 e. The lowest BCUT2D eigenvalue weighted by Crippen LogP contribution is -2.30. The maximum Gasteiger partial charge on any atom is 0.230 e. The van der Waals surface area contributed by atoms with E-state index in [4.69, 9.17) is 0 Å². The van der Waals surface area contributed by atoms with Crippen molar-refractivity contribution in [2.75, 3.05) is 5.75 Å². The van der Waals surface area contributed by atoms with Crippen LogP contribution in [0.1, 0.15) is 43.0 Å². The van der Waals surface area contributed by atoms with Crippen LogP contribution >= 0.6 is 11.8 Å². The third-order valence-electron chi connectivity index (χ3n) is 3.83. The molecule has 128 valence electrons. The van der Waals surface area contributed by atoms with E-state index in [9.17, 15) is 4.79 Å². The molecule has 0 radical (unpaired) electrons. The van der Waals surface area contributed by atoms with Crippen LogP contribution in [0.15, 0.2) is 54.6 Å². The molecule has 0 aromatic heterocycles. The van der Waals surface area contributed by atoms with Crippen LogP contribution < -0.4 is 5.32 Å². The Balaban J connectivity index is 1.86. The number of amides is 1. The number of carbonyl (C=O) groups is 1. The van der Waals surface area contributed by atoms with E-state index in [1.54, 1.807) is 11.8 Å². The molecule has 0 saturated heterocycles. The van der Waals surface area contributed by atoms with Crippen LogP contribution in [0, 0.1) is 12.8 Å². The highest BCUT2D eigenvalue weighted by atomic mass is 32.2. The maximum atomic E-state index is 12.3.